The molecule has 2 aliphatic rings. The van der Waals surface area contributed by atoms with Gasteiger partial charge in [-0.1, -0.05) is 0 Å². The van der Waals surface area contributed by atoms with Gasteiger partial charge in [0.05, 0.1) is 6.04 Å². The van der Waals surface area contributed by atoms with Crippen molar-refractivity contribution >= 4 is 15.9 Å². The van der Waals surface area contributed by atoms with Gasteiger partial charge in [0.25, 0.3) is 0 Å². The van der Waals surface area contributed by atoms with E-state index < -0.39 is 0 Å². The molecule has 2 nitrogen and oxygen atoms in total. The summed E-state index contributed by atoms with van der Waals surface area (Å²) in [6, 6.07) is 0.721. The van der Waals surface area contributed by atoms with Crippen LogP contribution in [0.5, 0.6) is 0 Å². The highest BCUT2D eigenvalue weighted by Gasteiger charge is 2.28. The highest BCUT2D eigenvalue weighted by Crippen LogP contribution is 2.37. The van der Waals surface area contributed by atoms with E-state index in [1.165, 1.54) is 49.8 Å². The van der Waals surface area contributed by atoms with Crippen LogP contribution >= 0.6 is 15.9 Å². The van der Waals surface area contributed by atoms with E-state index in [1.807, 2.05) is 0 Å². The van der Waals surface area contributed by atoms with Crippen molar-refractivity contribution in [1.29, 1.82) is 0 Å². The van der Waals surface area contributed by atoms with Crippen LogP contribution in [0, 0.1) is 0 Å². The molecule has 0 saturated heterocycles. The Bertz CT molecular complexity index is 339. The molecule has 13 heavy (non-hydrogen) atoms. The normalized spacial score (nSPS) is 21.6. The Balaban J connectivity index is 2.04. The molecule has 3 rings (SSSR count). The van der Waals surface area contributed by atoms with Crippen molar-refractivity contribution in [2.24, 2.45) is 0 Å². The largest absolute Gasteiger partial charge is 0.265 e. The second kappa shape index (κ2) is 2.84. The monoisotopic (exact) mass is 240 g/mol. The minimum Gasteiger partial charge on any atom is -0.265 e. The molecule has 1 heterocycles. The van der Waals surface area contributed by atoms with Gasteiger partial charge >= 0.3 is 0 Å². The fourth-order valence-electron chi connectivity index (χ4n) is 2.35. The zero-order valence-electron chi connectivity index (χ0n) is 7.59. The summed E-state index contributed by atoms with van der Waals surface area (Å²) in [5.41, 5.74) is 2.99. The lowest BCUT2D eigenvalue weighted by atomic mass is 9.93. The van der Waals surface area contributed by atoms with Gasteiger partial charge in [-0.15, -0.1) is 0 Å². The predicted molar refractivity (Wildman–Crippen MR) is 54.8 cm³/mol. The molecule has 0 aromatic carbocycles. The van der Waals surface area contributed by atoms with Gasteiger partial charge in [0, 0.05) is 11.3 Å². The number of aromatic nitrogens is 2. The molecule has 1 fully saturated rings. The van der Waals surface area contributed by atoms with E-state index in [-0.39, 0.29) is 0 Å². The van der Waals surface area contributed by atoms with Crippen molar-refractivity contribution < 1.29 is 0 Å². The summed E-state index contributed by atoms with van der Waals surface area (Å²) in [4.78, 5) is 0. The molecule has 0 N–H and O–H groups in total. The summed E-state index contributed by atoms with van der Waals surface area (Å²) >= 11 is 3.56. The fraction of sp³-hybridized carbons (Fsp3) is 0.700. The van der Waals surface area contributed by atoms with E-state index in [4.69, 9.17) is 0 Å². The van der Waals surface area contributed by atoms with Crippen LogP contribution in [-0.2, 0) is 12.8 Å². The molecule has 0 bridgehead atoms. The van der Waals surface area contributed by atoms with Gasteiger partial charge < -0.3 is 0 Å². The number of halogens is 1. The number of fused-ring (bicyclic) bond motifs is 1. The molecular weight excluding hydrogens is 228 g/mol. The van der Waals surface area contributed by atoms with Gasteiger partial charge in [0.1, 0.15) is 4.60 Å². The standard InChI is InChI=1S/C10H13BrN2/c11-10-8-5-2-6-9(8)13(12-10)7-3-1-4-7/h7H,1-6H2. The number of rotatable bonds is 1. The molecule has 3 heteroatoms. The second-order valence-electron chi connectivity index (χ2n) is 4.10. The quantitative estimate of drug-likeness (QED) is 0.739. The van der Waals surface area contributed by atoms with Gasteiger partial charge in [-0.25, -0.2) is 0 Å². The molecule has 0 radical (unpaired) electrons. The smallest absolute Gasteiger partial charge is 0.131 e. The van der Waals surface area contributed by atoms with Crippen molar-refractivity contribution in [3.8, 4) is 0 Å². The van der Waals surface area contributed by atoms with E-state index >= 15 is 0 Å². The fourth-order valence-corrected chi connectivity index (χ4v) is 2.95. The lowest BCUT2D eigenvalue weighted by Gasteiger charge is -2.27. The third-order valence-corrected chi connectivity index (χ3v) is 3.97. The maximum atomic E-state index is 4.59. The molecule has 0 spiro atoms. The molecule has 1 aromatic heterocycles. The SMILES string of the molecule is Brc1nn(C2CCC2)c2c1CCC2. The Labute approximate surface area is 86.4 Å². The predicted octanol–water partition coefficient (Wildman–Crippen LogP) is 2.86. The first-order valence-corrected chi connectivity index (χ1v) is 5.91. The van der Waals surface area contributed by atoms with Crippen LogP contribution in [0.25, 0.3) is 0 Å². The molecule has 70 valence electrons. The molecule has 0 aliphatic heterocycles. The van der Waals surface area contributed by atoms with Crippen LogP contribution in [0.15, 0.2) is 4.60 Å². The molecule has 0 atom stereocenters. The molecular formula is C10H13BrN2. The molecule has 1 saturated carbocycles. The zero-order valence-corrected chi connectivity index (χ0v) is 9.18. The Morgan fingerprint density at radius 2 is 2.08 bits per heavy atom. The summed E-state index contributed by atoms with van der Waals surface area (Å²) in [6.45, 7) is 0. The van der Waals surface area contributed by atoms with Gasteiger partial charge in [-0.3, -0.25) is 4.68 Å². The third-order valence-electron chi connectivity index (χ3n) is 3.33. The van der Waals surface area contributed by atoms with E-state index in [2.05, 4.69) is 25.7 Å². The van der Waals surface area contributed by atoms with Crippen molar-refractivity contribution in [2.75, 3.05) is 0 Å². The summed E-state index contributed by atoms with van der Waals surface area (Å²) in [5, 5.41) is 4.59. The van der Waals surface area contributed by atoms with Crippen LogP contribution in [0.3, 0.4) is 0 Å². The summed E-state index contributed by atoms with van der Waals surface area (Å²) in [6.07, 6.45) is 7.84. The average Bonchev–Trinajstić information content (AvgIpc) is 2.53. The minimum absolute atomic E-state index is 0.721. The van der Waals surface area contributed by atoms with Crippen LogP contribution in [0.2, 0.25) is 0 Å². The summed E-state index contributed by atoms with van der Waals surface area (Å²) in [5.74, 6) is 0. The maximum absolute atomic E-state index is 4.59. The van der Waals surface area contributed by atoms with E-state index in [9.17, 15) is 0 Å². The molecule has 0 amide bonds. The lowest BCUT2D eigenvalue weighted by Crippen LogP contribution is -2.19. The Morgan fingerprint density at radius 3 is 2.77 bits per heavy atom. The van der Waals surface area contributed by atoms with Crippen molar-refractivity contribution in [3.05, 3.63) is 15.9 Å². The van der Waals surface area contributed by atoms with E-state index in [1.54, 1.807) is 0 Å². The van der Waals surface area contributed by atoms with Crippen LogP contribution in [-0.4, -0.2) is 9.78 Å². The van der Waals surface area contributed by atoms with Crippen molar-refractivity contribution in [2.45, 2.75) is 44.6 Å². The highest BCUT2D eigenvalue weighted by atomic mass is 79.9. The molecule has 0 unspecified atom stereocenters. The highest BCUT2D eigenvalue weighted by molar-refractivity contribution is 9.10. The van der Waals surface area contributed by atoms with Gasteiger partial charge in [0.15, 0.2) is 0 Å². The topological polar surface area (TPSA) is 17.8 Å². The van der Waals surface area contributed by atoms with E-state index in [0.29, 0.717) is 0 Å². The zero-order chi connectivity index (χ0) is 8.84. The van der Waals surface area contributed by atoms with Gasteiger partial charge in [-0.05, 0) is 54.5 Å². The van der Waals surface area contributed by atoms with Crippen molar-refractivity contribution in [3.63, 3.8) is 0 Å². The van der Waals surface area contributed by atoms with Crippen LogP contribution in [0.4, 0.5) is 0 Å². The number of nitrogens with zero attached hydrogens (tertiary/aromatic N) is 2. The Hall–Kier alpha value is -0.310. The molecule has 2 aliphatic carbocycles. The minimum atomic E-state index is 0.721. The first kappa shape index (κ1) is 8.04. The van der Waals surface area contributed by atoms with Gasteiger partial charge in [0.2, 0.25) is 0 Å². The maximum Gasteiger partial charge on any atom is 0.131 e. The number of hydrogen-bond donors (Lipinski definition) is 0. The first-order chi connectivity index (χ1) is 6.36. The summed E-state index contributed by atoms with van der Waals surface area (Å²) < 4.78 is 3.39. The summed E-state index contributed by atoms with van der Waals surface area (Å²) in [7, 11) is 0. The molecule has 1 aromatic rings. The average molecular weight is 241 g/mol. The van der Waals surface area contributed by atoms with Crippen LogP contribution in [0.1, 0.15) is 43.0 Å². The third kappa shape index (κ3) is 1.09. The Morgan fingerprint density at radius 1 is 1.23 bits per heavy atom. The van der Waals surface area contributed by atoms with Gasteiger partial charge in [-0.2, -0.15) is 5.10 Å². The second-order valence-corrected chi connectivity index (χ2v) is 4.85. The first-order valence-electron chi connectivity index (χ1n) is 5.12. The van der Waals surface area contributed by atoms with Crippen molar-refractivity contribution in [1.82, 2.24) is 9.78 Å². The lowest BCUT2D eigenvalue weighted by molar-refractivity contribution is 0.282. The van der Waals surface area contributed by atoms with Crippen LogP contribution < -0.4 is 0 Å². The number of hydrogen-bond acceptors (Lipinski definition) is 1. The van der Waals surface area contributed by atoms with E-state index in [0.717, 1.165) is 10.6 Å². The Kier molecular flexibility index (Phi) is 1.76.